The molecule has 2 aliphatic rings. The molecule has 2 saturated heterocycles. The van der Waals surface area contributed by atoms with Crippen LogP contribution in [0.2, 0.25) is 0 Å². The van der Waals surface area contributed by atoms with E-state index >= 15 is 0 Å². The number of likely N-dealkylation sites (tertiary alicyclic amines) is 1. The molecular formula is C18H35N5O2. The van der Waals surface area contributed by atoms with E-state index in [2.05, 4.69) is 34.0 Å². The fourth-order valence-electron chi connectivity index (χ4n) is 3.83. The Kier molecular flexibility index (Phi) is 7.96. The monoisotopic (exact) mass is 353 g/mol. The molecular weight excluding hydrogens is 318 g/mol. The van der Waals surface area contributed by atoms with E-state index in [-0.39, 0.29) is 12.0 Å². The molecule has 0 aliphatic carbocycles. The molecule has 25 heavy (non-hydrogen) atoms. The molecule has 144 valence electrons. The Hall–Kier alpha value is -1.34. The maximum Gasteiger partial charge on any atom is 0.217 e. The molecule has 2 heterocycles. The number of carbonyl (C=O) groups is 1. The minimum Gasteiger partial charge on any atom is -0.374 e. The van der Waals surface area contributed by atoms with Gasteiger partial charge in [-0.3, -0.25) is 14.7 Å². The van der Waals surface area contributed by atoms with Crippen molar-refractivity contribution in [3.63, 3.8) is 0 Å². The van der Waals surface area contributed by atoms with Gasteiger partial charge in [-0.2, -0.15) is 0 Å². The SMILES string of the molecule is CN=C(NCC1CN(CC(C)C)CCO1)N1CCCC(CC(N)=O)C1. The molecule has 2 fully saturated rings. The zero-order valence-corrected chi connectivity index (χ0v) is 16.0. The number of primary amides is 1. The summed E-state index contributed by atoms with van der Waals surface area (Å²) in [7, 11) is 1.81. The van der Waals surface area contributed by atoms with E-state index in [1.54, 1.807) is 0 Å². The maximum atomic E-state index is 11.2. The lowest BCUT2D eigenvalue weighted by Crippen LogP contribution is -2.52. The standard InChI is InChI=1S/C18H35N5O2/c1-14(2)11-22-7-8-25-16(13-22)10-21-18(20-3)23-6-4-5-15(12-23)9-17(19)24/h14-16H,4-13H2,1-3H3,(H2,19,24)(H,20,21). The van der Waals surface area contributed by atoms with Gasteiger partial charge in [-0.05, 0) is 24.7 Å². The van der Waals surface area contributed by atoms with Gasteiger partial charge in [-0.15, -0.1) is 0 Å². The second-order valence-electron chi connectivity index (χ2n) is 7.70. The van der Waals surface area contributed by atoms with Gasteiger partial charge in [0, 0.05) is 52.7 Å². The van der Waals surface area contributed by atoms with Crippen molar-refractivity contribution < 1.29 is 9.53 Å². The number of rotatable bonds is 6. The van der Waals surface area contributed by atoms with E-state index in [9.17, 15) is 4.79 Å². The summed E-state index contributed by atoms with van der Waals surface area (Å²) in [5.74, 6) is 1.70. The predicted octanol–water partition coefficient (Wildman–Crippen LogP) is 0.506. The van der Waals surface area contributed by atoms with Crippen LogP contribution in [-0.2, 0) is 9.53 Å². The van der Waals surface area contributed by atoms with Gasteiger partial charge in [0.25, 0.3) is 0 Å². The van der Waals surface area contributed by atoms with Crippen LogP contribution in [0.5, 0.6) is 0 Å². The molecule has 2 aliphatic heterocycles. The maximum absolute atomic E-state index is 11.2. The van der Waals surface area contributed by atoms with Crippen LogP contribution in [0.15, 0.2) is 4.99 Å². The van der Waals surface area contributed by atoms with Gasteiger partial charge in [-0.25, -0.2) is 0 Å². The number of piperidine rings is 1. The quantitative estimate of drug-likeness (QED) is 0.537. The van der Waals surface area contributed by atoms with Crippen molar-refractivity contribution in [1.82, 2.24) is 15.1 Å². The second-order valence-corrected chi connectivity index (χ2v) is 7.70. The number of guanidine groups is 1. The number of nitrogens with zero attached hydrogens (tertiary/aromatic N) is 3. The van der Waals surface area contributed by atoms with Crippen LogP contribution in [0, 0.1) is 11.8 Å². The van der Waals surface area contributed by atoms with Crippen molar-refractivity contribution in [2.24, 2.45) is 22.6 Å². The van der Waals surface area contributed by atoms with E-state index in [4.69, 9.17) is 10.5 Å². The van der Waals surface area contributed by atoms with Crippen LogP contribution in [0.3, 0.4) is 0 Å². The Morgan fingerprint density at radius 2 is 2.16 bits per heavy atom. The summed E-state index contributed by atoms with van der Waals surface area (Å²) in [6.07, 6.45) is 2.78. The normalized spacial score (nSPS) is 26.1. The highest BCUT2D eigenvalue weighted by molar-refractivity contribution is 5.80. The lowest BCUT2D eigenvalue weighted by Gasteiger charge is -2.37. The van der Waals surface area contributed by atoms with Gasteiger partial charge < -0.3 is 20.7 Å². The first-order chi connectivity index (χ1) is 12.0. The summed E-state index contributed by atoms with van der Waals surface area (Å²) < 4.78 is 5.91. The molecule has 0 radical (unpaired) electrons. The van der Waals surface area contributed by atoms with Crippen molar-refractivity contribution in [2.45, 2.75) is 39.2 Å². The average molecular weight is 354 g/mol. The third-order valence-electron chi connectivity index (χ3n) is 4.85. The van der Waals surface area contributed by atoms with Crippen molar-refractivity contribution in [3.05, 3.63) is 0 Å². The first-order valence-electron chi connectivity index (χ1n) is 9.55. The Bertz CT molecular complexity index is 455. The molecule has 0 aromatic rings. The van der Waals surface area contributed by atoms with Crippen molar-refractivity contribution in [1.29, 1.82) is 0 Å². The van der Waals surface area contributed by atoms with E-state index in [1.807, 2.05) is 7.05 Å². The first kappa shape index (κ1) is 20.0. The number of ether oxygens (including phenoxy) is 1. The fourth-order valence-corrected chi connectivity index (χ4v) is 3.83. The summed E-state index contributed by atoms with van der Waals surface area (Å²) in [4.78, 5) is 20.3. The summed E-state index contributed by atoms with van der Waals surface area (Å²) in [5.41, 5.74) is 5.36. The number of nitrogens with one attached hydrogen (secondary N) is 1. The number of carbonyl (C=O) groups excluding carboxylic acids is 1. The van der Waals surface area contributed by atoms with Gasteiger partial charge in [-0.1, -0.05) is 13.8 Å². The molecule has 0 aromatic carbocycles. The molecule has 7 nitrogen and oxygen atoms in total. The largest absolute Gasteiger partial charge is 0.374 e. The van der Waals surface area contributed by atoms with Crippen LogP contribution in [0.4, 0.5) is 0 Å². The number of hydrogen-bond acceptors (Lipinski definition) is 4. The highest BCUT2D eigenvalue weighted by Gasteiger charge is 2.25. The average Bonchev–Trinajstić information content (AvgIpc) is 2.55. The van der Waals surface area contributed by atoms with Gasteiger partial charge in [0.15, 0.2) is 5.96 Å². The molecule has 2 atom stereocenters. The van der Waals surface area contributed by atoms with Crippen molar-refractivity contribution in [3.8, 4) is 0 Å². The minimum atomic E-state index is -0.212. The molecule has 0 aromatic heterocycles. The van der Waals surface area contributed by atoms with Gasteiger partial charge in [0.1, 0.15) is 0 Å². The molecule has 2 rings (SSSR count). The zero-order chi connectivity index (χ0) is 18.2. The molecule has 0 spiro atoms. The zero-order valence-electron chi connectivity index (χ0n) is 16.0. The highest BCUT2D eigenvalue weighted by atomic mass is 16.5. The van der Waals surface area contributed by atoms with E-state index in [0.717, 1.165) is 64.7 Å². The third-order valence-corrected chi connectivity index (χ3v) is 4.85. The number of hydrogen-bond donors (Lipinski definition) is 2. The van der Waals surface area contributed by atoms with Crippen LogP contribution in [-0.4, -0.2) is 80.7 Å². The smallest absolute Gasteiger partial charge is 0.217 e. The Morgan fingerprint density at radius 1 is 1.36 bits per heavy atom. The highest BCUT2D eigenvalue weighted by Crippen LogP contribution is 2.19. The number of nitrogens with two attached hydrogens (primary N) is 1. The molecule has 1 amide bonds. The third kappa shape index (κ3) is 6.82. The lowest BCUT2D eigenvalue weighted by atomic mass is 9.95. The molecule has 7 heteroatoms. The van der Waals surface area contributed by atoms with E-state index < -0.39 is 0 Å². The van der Waals surface area contributed by atoms with Crippen LogP contribution < -0.4 is 11.1 Å². The van der Waals surface area contributed by atoms with Crippen LogP contribution in [0.1, 0.15) is 33.1 Å². The molecule has 2 unspecified atom stereocenters. The fraction of sp³-hybridized carbons (Fsp3) is 0.889. The second kappa shape index (κ2) is 9.97. The Balaban J connectivity index is 1.80. The summed E-state index contributed by atoms with van der Waals surface area (Å²) in [5, 5.41) is 3.46. The Labute approximate surface area is 152 Å². The van der Waals surface area contributed by atoms with Crippen LogP contribution in [0.25, 0.3) is 0 Å². The summed E-state index contributed by atoms with van der Waals surface area (Å²) in [6.45, 7) is 11.0. The Morgan fingerprint density at radius 3 is 2.84 bits per heavy atom. The molecule has 0 saturated carbocycles. The van der Waals surface area contributed by atoms with E-state index in [0.29, 0.717) is 18.3 Å². The van der Waals surface area contributed by atoms with Crippen LogP contribution >= 0.6 is 0 Å². The van der Waals surface area contributed by atoms with Gasteiger partial charge in [0.05, 0.1) is 12.7 Å². The number of aliphatic imine (C=N–C) groups is 1. The van der Waals surface area contributed by atoms with Gasteiger partial charge in [0.2, 0.25) is 5.91 Å². The minimum absolute atomic E-state index is 0.190. The summed E-state index contributed by atoms with van der Waals surface area (Å²) >= 11 is 0. The van der Waals surface area contributed by atoms with E-state index in [1.165, 1.54) is 0 Å². The molecule has 0 bridgehead atoms. The summed E-state index contributed by atoms with van der Waals surface area (Å²) in [6, 6.07) is 0. The number of morpholine rings is 1. The molecule has 3 N–H and O–H groups in total. The number of amides is 1. The lowest BCUT2D eigenvalue weighted by molar-refractivity contribution is -0.119. The predicted molar refractivity (Wildman–Crippen MR) is 100 cm³/mol. The van der Waals surface area contributed by atoms with Gasteiger partial charge >= 0.3 is 0 Å². The topological polar surface area (TPSA) is 83.2 Å². The van der Waals surface area contributed by atoms with Crippen molar-refractivity contribution in [2.75, 3.05) is 52.9 Å². The van der Waals surface area contributed by atoms with Crippen molar-refractivity contribution >= 4 is 11.9 Å². The first-order valence-corrected chi connectivity index (χ1v) is 9.55.